The van der Waals surface area contributed by atoms with Crippen molar-refractivity contribution in [2.45, 2.75) is 60.0 Å². The fourth-order valence-electron chi connectivity index (χ4n) is 1.79. The molecule has 0 radical (unpaired) electrons. The number of amides is 1. The summed E-state index contributed by atoms with van der Waals surface area (Å²) in [5.41, 5.74) is -0.418. The van der Waals surface area contributed by atoms with Crippen LogP contribution in [0.1, 0.15) is 54.4 Å². The molecule has 104 valence electrons. The third-order valence-electron chi connectivity index (χ3n) is 2.55. The van der Waals surface area contributed by atoms with Crippen LogP contribution in [0.2, 0.25) is 0 Å². The van der Waals surface area contributed by atoms with E-state index in [1.807, 2.05) is 27.7 Å². The molecule has 0 aromatic carbocycles. The lowest BCUT2D eigenvalue weighted by atomic mass is 9.81. The molecule has 0 aromatic rings. The van der Waals surface area contributed by atoms with Crippen LogP contribution in [0.3, 0.4) is 0 Å². The van der Waals surface area contributed by atoms with Crippen molar-refractivity contribution in [3.05, 3.63) is 0 Å². The molecule has 4 heteroatoms. The Kier molecular flexibility index (Phi) is 6.17. The third kappa shape index (κ3) is 8.86. The highest BCUT2D eigenvalue weighted by Crippen LogP contribution is 2.28. The second kappa shape index (κ2) is 6.63. The number of ether oxygens (including phenoxy) is 1. The van der Waals surface area contributed by atoms with Gasteiger partial charge < -0.3 is 10.1 Å². The number of hydrogen-bond acceptors (Lipinski definition) is 3. The number of rotatable bonds is 5. The lowest BCUT2D eigenvalue weighted by Crippen LogP contribution is -2.34. The van der Waals surface area contributed by atoms with E-state index < -0.39 is 5.60 Å². The molecule has 0 saturated heterocycles. The maximum absolute atomic E-state index is 11.4. The van der Waals surface area contributed by atoms with Crippen molar-refractivity contribution in [2.75, 3.05) is 6.54 Å². The smallest absolute Gasteiger partial charge is 0.407 e. The molecule has 0 heterocycles. The van der Waals surface area contributed by atoms with Gasteiger partial charge in [-0.3, -0.25) is 0 Å². The molecule has 4 nitrogen and oxygen atoms in total. The van der Waals surface area contributed by atoms with Crippen molar-refractivity contribution < 1.29 is 9.53 Å². The number of carbonyl (C=O) groups is 1. The molecule has 0 aliphatic heterocycles. The van der Waals surface area contributed by atoms with Crippen LogP contribution in [0.25, 0.3) is 0 Å². The van der Waals surface area contributed by atoms with Gasteiger partial charge in [0.05, 0.1) is 6.07 Å². The largest absolute Gasteiger partial charge is 0.444 e. The zero-order chi connectivity index (χ0) is 14.4. The van der Waals surface area contributed by atoms with E-state index in [4.69, 9.17) is 10.00 Å². The molecule has 18 heavy (non-hydrogen) atoms. The van der Waals surface area contributed by atoms with E-state index in [-0.39, 0.29) is 17.4 Å². The fraction of sp³-hybridized carbons (Fsp3) is 0.857. The maximum Gasteiger partial charge on any atom is 0.407 e. The van der Waals surface area contributed by atoms with Crippen LogP contribution < -0.4 is 5.32 Å². The van der Waals surface area contributed by atoms with E-state index >= 15 is 0 Å². The number of alkyl carbamates (subject to hydrolysis) is 1. The lowest BCUT2D eigenvalue weighted by Gasteiger charge is -2.26. The molecule has 1 amide bonds. The first-order valence-corrected chi connectivity index (χ1v) is 6.42. The van der Waals surface area contributed by atoms with E-state index in [2.05, 4.69) is 25.2 Å². The standard InChI is InChI=1S/C14H26N2O2/c1-11(10-15)9-14(5,6)7-8-16-12(17)18-13(2,3)4/h11H,7-9H2,1-6H3,(H,16,17). The Morgan fingerprint density at radius 1 is 1.33 bits per heavy atom. The van der Waals surface area contributed by atoms with Crippen LogP contribution in [0.4, 0.5) is 4.79 Å². The Morgan fingerprint density at radius 2 is 1.89 bits per heavy atom. The molecule has 0 saturated carbocycles. The van der Waals surface area contributed by atoms with Crippen LogP contribution >= 0.6 is 0 Å². The molecular formula is C14H26N2O2. The van der Waals surface area contributed by atoms with E-state index in [1.54, 1.807) is 0 Å². The van der Waals surface area contributed by atoms with Gasteiger partial charge in [-0.2, -0.15) is 5.26 Å². The minimum Gasteiger partial charge on any atom is -0.444 e. The molecule has 1 unspecified atom stereocenters. The molecule has 0 rings (SSSR count). The van der Waals surface area contributed by atoms with Crippen LogP contribution in [-0.4, -0.2) is 18.2 Å². The first-order valence-electron chi connectivity index (χ1n) is 6.42. The van der Waals surface area contributed by atoms with E-state index in [1.165, 1.54) is 0 Å². The Balaban J connectivity index is 3.97. The highest BCUT2D eigenvalue weighted by Gasteiger charge is 2.22. The van der Waals surface area contributed by atoms with Crippen LogP contribution in [-0.2, 0) is 4.74 Å². The average molecular weight is 254 g/mol. The summed E-state index contributed by atoms with van der Waals surface area (Å²) in [6.07, 6.45) is 1.28. The molecule has 0 fully saturated rings. The van der Waals surface area contributed by atoms with Crippen molar-refractivity contribution in [2.24, 2.45) is 11.3 Å². The van der Waals surface area contributed by atoms with Crippen molar-refractivity contribution >= 4 is 6.09 Å². The van der Waals surface area contributed by atoms with E-state index in [0.717, 1.165) is 12.8 Å². The normalized spacial score (nSPS) is 13.6. The molecule has 0 aliphatic rings. The van der Waals surface area contributed by atoms with Gasteiger partial charge in [0.1, 0.15) is 5.60 Å². The van der Waals surface area contributed by atoms with Crippen molar-refractivity contribution in [1.82, 2.24) is 5.32 Å². The van der Waals surface area contributed by atoms with Gasteiger partial charge in [-0.1, -0.05) is 13.8 Å². The number of nitriles is 1. The zero-order valence-electron chi connectivity index (χ0n) is 12.5. The summed E-state index contributed by atoms with van der Waals surface area (Å²) in [5.74, 6) is 0.0431. The zero-order valence-corrected chi connectivity index (χ0v) is 12.5. The summed E-state index contributed by atoms with van der Waals surface area (Å²) in [6, 6.07) is 2.24. The Hall–Kier alpha value is -1.24. The summed E-state index contributed by atoms with van der Waals surface area (Å²) in [5, 5.41) is 11.5. The second-order valence-corrected chi connectivity index (χ2v) is 6.58. The lowest BCUT2D eigenvalue weighted by molar-refractivity contribution is 0.0521. The first kappa shape index (κ1) is 16.8. The predicted molar refractivity (Wildman–Crippen MR) is 72.0 cm³/mol. The van der Waals surface area contributed by atoms with Crippen LogP contribution in [0.15, 0.2) is 0 Å². The quantitative estimate of drug-likeness (QED) is 0.817. The molecule has 1 atom stereocenters. The highest BCUT2D eigenvalue weighted by atomic mass is 16.6. The predicted octanol–water partition coefficient (Wildman–Crippen LogP) is 3.48. The Bertz CT molecular complexity index is 311. The Labute approximate surface area is 111 Å². The second-order valence-electron chi connectivity index (χ2n) is 6.58. The minimum atomic E-state index is -0.463. The summed E-state index contributed by atoms with van der Waals surface area (Å²) in [4.78, 5) is 11.4. The summed E-state index contributed by atoms with van der Waals surface area (Å²) in [7, 11) is 0. The fourth-order valence-corrected chi connectivity index (χ4v) is 1.79. The van der Waals surface area contributed by atoms with Crippen molar-refractivity contribution in [1.29, 1.82) is 5.26 Å². The van der Waals surface area contributed by atoms with Gasteiger partial charge in [-0.25, -0.2) is 4.79 Å². The molecule has 0 aliphatic carbocycles. The van der Waals surface area contributed by atoms with Crippen molar-refractivity contribution in [3.63, 3.8) is 0 Å². The first-order chi connectivity index (χ1) is 8.06. The van der Waals surface area contributed by atoms with E-state index in [0.29, 0.717) is 6.54 Å². The van der Waals surface area contributed by atoms with Crippen LogP contribution in [0.5, 0.6) is 0 Å². The van der Waals surface area contributed by atoms with Gasteiger partial charge in [-0.05, 0) is 46.0 Å². The molecular weight excluding hydrogens is 228 g/mol. The summed E-state index contributed by atoms with van der Waals surface area (Å²) in [6.45, 7) is 12.2. The maximum atomic E-state index is 11.4. The number of nitrogens with one attached hydrogen (secondary N) is 1. The molecule has 0 bridgehead atoms. The van der Waals surface area contributed by atoms with Crippen LogP contribution in [0, 0.1) is 22.7 Å². The van der Waals surface area contributed by atoms with Gasteiger partial charge in [0.2, 0.25) is 0 Å². The Morgan fingerprint density at radius 3 is 2.33 bits per heavy atom. The SMILES string of the molecule is CC(C#N)CC(C)(C)CCNC(=O)OC(C)(C)C. The van der Waals surface area contributed by atoms with Gasteiger partial charge in [0, 0.05) is 12.5 Å². The average Bonchev–Trinajstić information content (AvgIpc) is 2.13. The van der Waals surface area contributed by atoms with Gasteiger partial charge >= 0.3 is 6.09 Å². The molecule has 0 spiro atoms. The molecule has 0 aromatic heterocycles. The van der Waals surface area contributed by atoms with Gasteiger partial charge in [0.15, 0.2) is 0 Å². The minimum absolute atomic E-state index is 0.0431. The number of nitrogens with zero attached hydrogens (tertiary/aromatic N) is 1. The summed E-state index contributed by atoms with van der Waals surface area (Å²) < 4.78 is 5.15. The number of carbonyl (C=O) groups excluding carboxylic acids is 1. The van der Waals surface area contributed by atoms with Crippen molar-refractivity contribution in [3.8, 4) is 6.07 Å². The third-order valence-corrected chi connectivity index (χ3v) is 2.55. The van der Waals surface area contributed by atoms with E-state index in [9.17, 15) is 4.79 Å². The van der Waals surface area contributed by atoms with Gasteiger partial charge in [-0.15, -0.1) is 0 Å². The topological polar surface area (TPSA) is 62.1 Å². The monoisotopic (exact) mass is 254 g/mol. The van der Waals surface area contributed by atoms with Gasteiger partial charge in [0.25, 0.3) is 0 Å². The highest BCUT2D eigenvalue weighted by molar-refractivity contribution is 5.67. The number of hydrogen-bond donors (Lipinski definition) is 1. The molecule has 1 N–H and O–H groups in total. The summed E-state index contributed by atoms with van der Waals surface area (Å²) >= 11 is 0.